The van der Waals surface area contributed by atoms with Gasteiger partial charge in [-0.1, -0.05) is 22.9 Å². The van der Waals surface area contributed by atoms with Crippen molar-refractivity contribution in [3.05, 3.63) is 41.4 Å². The zero-order valence-corrected chi connectivity index (χ0v) is 12.2. The summed E-state index contributed by atoms with van der Waals surface area (Å²) in [5.41, 5.74) is 1.83. The third-order valence-electron chi connectivity index (χ3n) is 3.16. The fraction of sp³-hybridized carbons (Fsp3) is 0.308. The van der Waals surface area contributed by atoms with Crippen LogP contribution in [0.5, 0.6) is 0 Å². The maximum Gasteiger partial charge on any atom is 0.124 e. The van der Waals surface area contributed by atoms with Crippen molar-refractivity contribution in [3.8, 4) is 0 Å². The summed E-state index contributed by atoms with van der Waals surface area (Å²) in [5.74, 6) is 1.21. The topological polar surface area (TPSA) is 48.5 Å². The number of hydrogen-bond donors (Lipinski definition) is 0. The fourth-order valence-electron chi connectivity index (χ4n) is 2.28. The van der Waals surface area contributed by atoms with Crippen molar-refractivity contribution in [2.24, 2.45) is 0 Å². The Morgan fingerprint density at radius 3 is 2.85 bits per heavy atom. The van der Waals surface area contributed by atoms with Crippen LogP contribution in [-0.2, 0) is 19.0 Å². The van der Waals surface area contributed by atoms with Crippen LogP contribution in [0.25, 0.3) is 11.0 Å². The van der Waals surface area contributed by atoms with Crippen LogP contribution in [0.15, 0.2) is 30.6 Å². The van der Waals surface area contributed by atoms with Gasteiger partial charge in [0.25, 0.3) is 0 Å². The van der Waals surface area contributed by atoms with E-state index >= 15 is 0 Å². The second kappa shape index (κ2) is 5.81. The third-order valence-corrected chi connectivity index (χ3v) is 3.70. The first-order valence-electron chi connectivity index (χ1n) is 6.33. The lowest BCUT2D eigenvalue weighted by Gasteiger charge is -2.08. The second-order valence-corrected chi connectivity index (χ2v) is 5.12. The van der Waals surface area contributed by atoms with Crippen molar-refractivity contribution in [2.45, 2.75) is 25.4 Å². The van der Waals surface area contributed by atoms with E-state index in [1.54, 1.807) is 10.9 Å². The van der Waals surface area contributed by atoms with Crippen LogP contribution >= 0.6 is 23.2 Å². The quantitative estimate of drug-likeness (QED) is 0.680. The van der Waals surface area contributed by atoms with Gasteiger partial charge in [-0.05, 0) is 18.6 Å². The van der Waals surface area contributed by atoms with Crippen LogP contribution in [0.4, 0.5) is 0 Å². The molecule has 20 heavy (non-hydrogen) atoms. The Kier molecular flexibility index (Phi) is 3.89. The lowest BCUT2D eigenvalue weighted by molar-refractivity contribution is 0.514. The number of benzene rings is 1. The Hall–Kier alpha value is -1.59. The van der Waals surface area contributed by atoms with Gasteiger partial charge >= 0.3 is 0 Å². The molecule has 0 saturated heterocycles. The molecular weight excluding hydrogens is 297 g/mol. The molecule has 3 aromatic rings. The molecule has 0 bridgehead atoms. The first-order chi connectivity index (χ1) is 9.79. The van der Waals surface area contributed by atoms with Gasteiger partial charge in [0, 0.05) is 19.3 Å². The summed E-state index contributed by atoms with van der Waals surface area (Å²) in [5, 5.41) is 8.44. The van der Waals surface area contributed by atoms with E-state index < -0.39 is 0 Å². The predicted molar refractivity (Wildman–Crippen MR) is 78.9 cm³/mol. The molecule has 1 aromatic carbocycles. The van der Waals surface area contributed by atoms with E-state index in [0.29, 0.717) is 10.9 Å². The van der Waals surface area contributed by atoms with Gasteiger partial charge in [0.15, 0.2) is 0 Å². The summed E-state index contributed by atoms with van der Waals surface area (Å²) in [4.78, 5) is 4.52. The summed E-state index contributed by atoms with van der Waals surface area (Å²) in [6.45, 7) is 1.59. The Morgan fingerprint density at radius 1 is 1.20 bits per heavy atom. The monoisotopic (exact) mass is 309 g/mol. The smallest absolute Gasteiger partial charge is 0.124 e. The van der Waals surface area contributed by atoms with E-state index in [1.165, 1.54) is 0 Å². The van der Waals surface area contributed by atoms with Crippen molar-refractivity contribution in [3.63, 3.8) is 0 Å². The molecule has 0 saturated carbocycles. The number of hydrogen-bond acceptors (Lipinski definition) is 3. The minimum Gasteiger partial charge on any atom is -0.326 e. The maximum atomic E-state index is 6.28. The molecule has 0 aliphatic carbocycles. The molecule has 0 N–H and O–H groups in total. The molecule has 2 aromatic heterocycles. The average Bonchev–Trinajstić information content (AvgIpc) is 3.07. The Balaban J connectivity index is 1.85. The standard InChI is InChI=1S/C13H13Cl2N5/c14-9-12-17-11-4-1-3-10(15)13(11)20(12)7-2-6-19-8-5-16-18-19/h1,3-5,8H,2,6-7,9H2. The first-order valence-corrected chi connectivity index (χ1v) is 7.24. The minimum atomic E-state index is 0.369. The van der Waals surface area contributed by atoms with Crippen molar-refractivity contribution in [1.29, 1.82) is 0 Å². The van der Waals surface area contributed by atoms with Crippen molar-refractivity contribution in [1.82, 2.24) is 24.5 Å². The van der Waals surface area contributed by atoms with Crippen LogP contribution in [0.1, 0.15) is 12.2 Å². The number of aromatic nitrogens is 5. The van der Waals surface area contributed by atoms with E-state index in [2.05, 4.69) is 19.9 Å². The number of imidazole rings is 1. The molecule has 3 rings (SSSR count). The Bertz CT molecular complexity index is 705. The zero-order valence-electron chi connectivity index (χ0n) is 10.7. The maximum absolute atomic E-state index is 6.28. The highest BCUT2D eigenvalue weighted by Gasteiger charge is 2.12. The van der Waals surface area contributed by atoms with Gasteiger partial charge in [-0.2, -0.15) is 0 Å². The summed E-state index contributed by atoms with van der Waals surface area (Å²) >= 11 is 12.3. The van der Waals surface area contributed by atoms with Crippen LogP contribution in [0.2, 0.25) is 5.02 Å². The summed E-state index contributed by atoms with van der Waals surface area (Å²) in [6, 6.07) is 5.72. The molecule has 0 amide bonds. The number of halogens is 2. The molecule has 0 fully saturated rings. The molecule has 0 atom stereocenters. The molecule has 5 nitrogen and oxygen atoms in total. The van der Waals surface area contributed by atoms with Crippen LogP contribution < -0.4 is 0 Å². The molecule has 0 unspecified atom stereocenters. The molecular formula is C13H13Cl2N5. The lowest BCUT2D eigenvalue weighted by atomic mass is 10.3. The van der Waals surface area contributed by atoms with Gasteiger partial charge < -0.3 is 4.57 Å². The molecule has 2 heterocycles. The van der Waals surface area contributed by atoms with Gasteiger partial charge in [0.2, 0.25) is 0 Å². The minimum absolute atomic E-state index is 0.369. The number of nitrogens with zero attached hydrogens (tertiary/aromatic N) is 5. The summed E-state index contributed by atoms with van der Waals surface area (Å²) < 4.78 is 3.89. The van der Waals surface area contributed by atoms with Crippen LogP contribution in [-0.4, -0.2) is 24.5 Å². The SMILES string of the molecule is ClCc1nc2cccc(Cl)c2n1CCCn1ccnn1. The van der Waals surface area contributed by atoms with Crippen molar-refractivity contribution >= 4 is 34.2 Å². The number of fused-ring (bicyclic) bond motifs is 1. The van der Waals surface area contributed by atoms with E-state index in [9.17, 15) is 0 Å². The predicted octanol–water partition coefficient (Wildman–Crippen LogP) is 3.11. The number of para-hydroxylation sites is 1. The van der Waals surface area contributed by atoms with E-state index in [4.69, 9.17) is 23.2 Å². The van der Waals surface area contributed by atoms with E-state index in [0.717, 1.165) is 36.4 Å². The summed E-state index contributed by atoms with van der Waals surface area (Å²) in [7, 11) is 0. The molecule has 104 valence electrons. The highest BCUT2D eigenvalue weighted by molar-refractivity contribution is 6.35. The normalized spacial score (nSPS) is 11.3. The summed E-state index contributed by atoms with van der Waals surface area (Å²) in [6.07, 6.45) is 4.43. The second-order valence-electron chi connectivity index (χ2n) is 4.44. The first kappa shape index (κ1) is 13.4. The number of alkyl halides is 1. The highest BCUT2D eigenvalue weighted by atomic mass is 35.5. The van der Waals surface area contributed by atoms with E-state index in [-0.39, 0.29) is 0 Å². The van der Waals surface area contributed by atoms with Gasteiger partial charge in [0.1, 0.15) is 5.82 Å². The van der Waals surface area contributed by atoms with Gasteiger partial charge in [-0.3, -0.25) is 4.68 Å². The Labute approximate surface area is 126 Å². The van der Waals surface area contributed by atoms with Crippen molar-refractivity contribution in [2.75, 3.05) is 0 Å². The van der Waals surface area contributed by atoms with E-state index in [1.807, 2.05) is 24.4 Å². The highest BCUT2D eigenvalue weighted by Crippen LogP contribution is 2.25. The fourth-order valence-corrected chi connectivity index (χ4v) is 2.75. The zero-order chi connectivity index (χ0) is 13.9. The lowest BCUT2D eigenvalue weighted by Crippen LogP contribution is -2.07. The average molecular weight is 310 g/mol. The molecule has 0 radical (unpaired) electrons. The molecule has 0 spiro atoms. The van der Waals surface area contributed by atoms with Crippen molar-refractivity contribution < 1.29 is 0 Å². The van der Waals surface area contributed by atoms with Gasteiger partial charge in [-0.25, -0.2) is 4.98 Å². The Morgan fingerprint density at radius 2 is 2.10 bits per heavy atom. The molecule has 0 aliphatic heterocycles. The third kappa shape index (κ3) is 2.51. The van der Waals surface area contributed by atoms with Crippen LogP contribution in [0.3, 0.4) is 0 Å². The molecule has 7 heteroatoms. The molecule has 0 aliphatic rings. The van der Waals surface area contributed by atoms with Gasteiger partial charge in [0.05, 0.1) is 28.1 Å². The van der Waals surface area contributed by atoms with Gasteiger partial charge in [-0.15, -0.1) is 16.7 Å². The largest absolute Gasteiger partial charge is 0.326 e. The number of aryl methyl sites for hydroxylation is 2. The number of rotatable bonds is 5. The van der Waals surface area contributed by atoms with Crippen LogP contribution in [0, 0.1) is 0 Å².